The number of carbonyl (C=O) groups excluding carboxylic acids is 1. The van der Waals surface area contributed by atoms with Crippen molar-refractivity contribution in [2.45, 2.75) is 13.0 Å². The lowest BCUT2D eigenvalue weighted by molar-refractivity contribution is -0.128. The third kappa shape index (κ3) is 2.21. The summed E-state index contributed by atoms with van der Waals surface area (Å²) in [6, 6.07) is 0. The van der Waals surface area contributed by atoms with Crippen molar-refractivity contribution in [2.24, 2.45) is 5.92 Å². The molecule has 0 aliphatic carbocycles. The lowest BCUT2D eigenvalue weighted by Crippen LogP contribution is -2.24. The Morgan fingerprint density at radius 1 is 1.60 bits per heavy atom. The average molecular weight is 203 g/mol. The van der Waals surface area contributed by atoms with Crippen LogP contribution in [0.2, 0.25) is 0 Å². The Hall–Kier alpha value is -1.71. The fourth-order valence-corrected chi connectivity index (χ4v) is 1.72. The van der Waals surface area contributed by atoms with Crippen LogP contribution in [-0.4, -0.2) is 27.3 Å². The van der Waals surface area contributed by atoms with Gasteiger partial charge in [0, 0.05) is 31.3 Å². The van der Waals surface area contributed by atoms with E-state index in [-0.39, 0.29) is 11.8 Å². The van der Waals surface area contributed by atoms with Crippen LogP contribution in [0.3, 0.4) is 0 Å². The van der Waals surface area contributed by atoms with Gasteiger partial charge in [0.2, 0.25) is 5.91 Å². The Bertz CT molecular complexity index is 363. The van der Waals surface area contributed by atoms with E-state index < -0.39 is 0 Å². The van der Waals surface area contributed by atoms with Crippen molar-refractivity contribution in [3.05, 3.63) is 36.9 Å². The number of carbonyl (C=O) groups is 1. The zero-order valence-corrected chi connectivity index (χ0v) is 8.47. The first-order valence-corrected chi connectivity index (χ1v) is 4.95. The van der Waals surface area contributed by atoms with Gasteiger partial charge in [0.05, 0.1) is 18.4 Å². The maximum absolute atomic E-state index is 11.6. The second kappa shape index (κ2) is 4.21. The van der Waals surface area contributed by atoms with Crippen LogP contribution >= 0.6 is 0 Å². The van der Waals surface area contributed by atoms with Gasteiger partial charge in [-0.1, -0.05) is 6.08 Å². The van der Waals surface area contributed by atoms with E-state index in [1.165, 1.54) is 0 Å². The first kappa shape index (κ1) is 9.83. The molecule has 15 heavy (non-hydrogen) atoms. The maximum Gasteiger partial charge on any atom is 0.223 e. The van der Waals surface area contributed by atoms with Gasteiger partial charge < -0.3 is 4.90 Å². The molecule has 1 aromatic rings. The van der Waals surface area contributed by atoms with Gasteiger partial charge in [0.25, 0.3) is 0 Å². The van der Waals surface area contributed by atoms with Gasteiger partial charge >= 0.3 is 0 Å². The first-order chi connectivity index (χ1) is 7.29. The van der Waals surface area contributed by atoms with Crippen LogP contribution < -0.4 is 0 Å². The minimum atomic E-state index is 0.172. The van der Waals surface area contributed by atoms with Crippen LogP contribution in [0, 0.1) is 5.92 Å². The molecular weight excluding hydrogens is 190 g/mol. The number of hydrogen-bond donors (Lipinski definition) is 0. The third-order valence-corrected chi connectivity index (χ3v) is 2.55. The fourth-order valence-electron chi connectivity index (χ4n) is 1.72. The molecule has 78 valence electrons. The van der Waals surface area contributed by atoms with Crippen LogP contribution in [-0.2, 0) is 11.3 Å². The molecule has 0 spiro atoms. The lowest BCUT2D eigenvalue weighted by atomic mass is 10.1. The SMILES string of the molecule is C=CC1CC(=O)N(Cc2cnccn2)C1. The topological polar surface area (TPSA) is 46.1 Å². The lowest BCUT2D eigenvalue weighted by Gasteiger charge is -2.14. The molecule has 1 fully saturated rings. The Labute approximate surface area is 88.7 Å². The molecule has 0 N–H and O–H groups in total. The predicted molar refractivity (Wildman–Crippen MR) is 55.8 cm³/mol. The van der Waals surface area contributed by atoms with Gasteiger partial charge in [-0.2, -0.15) is 0 Å². The van der Waals surface area contributed by atoms with E-state index in [9.17, 15) is 4.79 Å². The van der Waals surface area contributed by atoms with Crippen molar-refractivity contribution in [1.29, 1.82) is 0 Å². The molecule has 1 aliphatic heterocycles. The van der Waals surface area contributed by atoms with Crippen LogP contribution in [0.25, 0.3) is 0 Å². The highest BCUT2D eigenvalue weighted by atomic mass is 16.2. The van der Waals surface area contributed by atoms with E-state index in [0.29, 0.717) is 13.0 Å². The molecular formula is C11H13N3O. The van der Waals surface area contributed by atoms with Crippen molar-refractivity contribution in [2.75, 3.05) is 6.54 Å². The van der Waals surface area contributed by atoms with Gasteiger partial charge in [-0.05, 0) is 0 Å². The average Bonchev–Trinajstić information content (AvgIpc) is 2.61. The zero-order chi connectivity index (χ0) is 10.7. The van der Waals surface area contributed by atoms with Crippen LogP contribution in [0.5, 0.6) is 0 Å². The number of amides is 1. The zero-order valence-electron chi connectivity index (χ0n) is 8.47. The van der Waals surface area contributed by atoms with Gasteiger partial charge in [-0.3, -0.25) is 14.8 Å². The third-order valence-electron chi connectivity index (χ3n) is 2.55. The molecule has 2 rings (SSSR count). The molecule has 1 amide bonds. The van der Waals surface area contributed by atoms with E-state index in [2.05, 4.69) is 16.5 Å². The van der Waals surface area contributed by atoms with Crippen molar-refractivity contribution >= 4 is 5.91 Å². The second-order valence-electron chi connectivity index (χ2n) is 3.67. The number of likely N-dealkylation sites (tertiary alicyclic amines) is 1. The first-order valence-electron chi connectivity index (χ1n) is 4.95. The van der Waals surface area contributed by atoms with E-state index >= 15 is 0 Å². The molecule has 0 aromatic carbocycles. The Kier molecular flexibility index (Phi) is 2.76. The summed E-state index contributed by atoms with van der Waals surface area (Å²) in [5.74, 6) is 0.458. The summed E-state index contributed by atoms with van der Waals surface area (Å²) in [6.45, 7) is 5.01. The van der Waals surface area contributed by atoms with E-state index in [1.54, 1.807) is 23.5 Å². The van der Waals surface area contributed by atoms with Gasteiger partial charge in [0.15, 0.2) is 0 Å². The van der Waals surface area contributed by atoms with Gasteiger partial charge in [-0.15, -0.1) is 6.58 Å². The molecule has 1 unspecified atom stereocenters. The van der Waals surface area contributed by atoms with Gasteiger partial charge in [-0.25, -0.2) is 0 Å². The highest BCUT2D eigenvalue weighted by molar-refractivity contribution is 5.78. The van der Waals surface area contributed by atoms with Crippen molar-refractivity contribution in [3.63, 3.8) is 0 Å². The molecule has 1 atom stereocenters. The molecule has 1 aliphatic rings. The van der Waals surface area contributed by atoms with Crippen molar-refractivity contribution in [1.82, 2.24) is 14.9 Å². The molecule has 0 bridgehead atoms. The standard InChI is InChI=1S/C11H13N3O/c1-2-9-5-11(15)14(7-9)8-10-6-12-3-4-13-10/h2-4,6,9H,1,5,7-8H2. The molecule has 1 aromatic heterocycles. The molecule has 4 heteroatoms. The largest absolute Gasteiger partial charge is 0.336 e. The summed E-state index contributed by atoms with van der Waals surface area (Å²) in [7, 11) is 0. The molecule has 2 heterocycles. The van der Waals surface area contributed by atoms with Crippen LogP contribution in [0.4, 0.5) is 0 Å². The quantitative estimate of drug-likeness (QED) is 0.689. The highest BCUT2D eigenvalue weighted by Crippen LogP contribution is 2.19. The van der Waals surface area contributed by atoms with Crippen molar-refractivity contribution in [3.8, 4) is 0 Å². The Balaban J connectivity index is 2.01. The smallest absolute Gasteiger partial charge is 0.223 e. The predicted octanol–water partition coefficient (Wildman–Crippen LogP) is 1.01. The molecule has 0 saturated carbocycles. The normalized spacial score (nSPS) is 20.7. The summed E-state index contributed by atoms with van der Waals surface area (Å²) in [6.07, 6.45) is 7.37. The summed E-state index contributed by atoms with van der Waals surface area (Å²) in [5.41, 5.74) is 0.829. The van der Waals surface area contributed by atoms with Gasteiger partial charge in [0.1, 0.15) is 0 Å². The minimum Gasteiger partial charge on any atom is -0.336 e. The Morgan fingerprint density at radius 2 is 2.47 bits per heavy atom. The summed E-state index contributed by atoms with van der Waals surface area (Å²) < 4.78 is 0. The summed E-state index contributed by atoms with van der Waals surface area (Å²) in [4.78, 5) is 21.5. The minimum absolute atomic E-state index is 0.172. The Morgan fingerprint density at radius 3 is 3.07 bits per heavy atom. The molecule has 1 saturated heterocycles. The molecule has 4 nitrogen and oxygen atoms in total. The maximum atomic E-state index is 11.6. The highest BCUT2D eigenvalue weighted by Gasteiger charge is 2.27. The fraction of sp³-hybridized carbons (Fsp3) is 0.364. The van der Waals surface area contributed by atoms with Crippen molar-refractivity contribution < 1.29 is 4.79 Å². The van der Waals surface area contributed by atoms with E-state index in [0.717, 1.165) is 12.2 Å². The van der Waals surface area contributed by atoms with Crippen LogP contribution in [0.15, 0.2) is 31.2 Å². The number of nitrogens with zero attached hydrogens (tertiary/aromatic N) is 3. The van der Waals surface area contributed by atoms with E-state index in [1.807, 2.05) is 6.08 Å². The van der Waals surface area contributed by atoms with E-state index in [4.69, 9.17) is 0 Å². The number of hydrogen-bond acceptors (Lipinski definition) is 3. The summed E-state index contributed by atoms with van der Waals surface area (Å²) >= 11 is 0. The second-order valence-corrected chi connectivity index (χ2v) is 3.67. The number of rotatable bonds is 3. The molecule has 0 radical (unpaired) electrons. The summed E-state index contributed by atoms with van der Waals surface area (Å²) in [5, 5.41) is 0. The monoisotopic (exact) mass is 203 g/mol. The number of aromatic nitrogens is 2. The van der Waals surface area contributed by atoms with Crippen LogP contribution in [0.1, 0.15) is 12.1 Å².